The van der Waals surface area contributed by atoms with E-state index in [-0.39, 0.29) is 11.9 Å². The number of rotatable bonds is 4. The van der Waals surface area contributed by atoms with Crippen molar-refractivity contribution in [2.24, 2.45) is 0 Å². The average Bonchev–Trinajstić information content (AvgIpc) is 2.75. The van der Waals surface area contributed by atoms with Crippen LogP contribution in [-0.4, -0.2) is 53.0 Å². The molecule has 0 bridgehead atoms. The van der Waals surface area contributed by atoms with Gasteiger partial charge in [0.05, 0.1) is 13.2 Å². The second-order valence-corrected chi connectivity index (χ2v) is 4.93. The van der Waals surface area contributed by atoms with Crippen LogP contribution in [0.15, 0.2) is 6.07 Å². The first-order valence-corrected chi connectivity index (χ1v) is 6.46. The van der Waals surface area contributed by atoms with Crippen LogP contribution in [0, 0.1) is 6.92 Å². The number of esters is 1. The van der Waals surface area contributed by atoms with Gasteiger partial charge in [-0.15, -0.1) is 0 Å². The first-order chi connectivity index (χ1) is 9.44. The summed E-state index contributed by atoms with van der Waals surface area (Å²) >= 11 is 0. The molecule has 0 radical (unpaired) electrons. The highest BCUT2D eigenvalue weighted by Gasteiger charge is 2.39. The minimum absolute atomic E-state index is 0.00212. The molecule has 0 saturated carbocycles. The van der Waals surface area contributed by atoms with Crippen LogP contribution in [0.4, 0.5) is 5.82 Å². The van der Waals surface area contributed by atoms with Crippen molar-refractivity contribution < 1.29 is 19.4 Å². The smallest absolute Gasteiger partial charge is 0.376 e. The fourth-order valence-corrected chi connectivity index (χ4v) is 2.09. The molecule has 2 N–H and O–H groups in total. The molecule has 1 fully saturated rings. The maximum Gasteiger partial charge on any atom is 0.376 e. The van der Waals surface area contributed by atoms with Gasteiger partial charge in [0.25, 0.3) is 0 Å². The Morgan fingerprint density at radius 2 is 2.40 bits per heavy atom. The van der Waals surface area contributed by atoms with Gasteiger partial charge in [-0.2, -0.15) is 0 Å². The summed E-state index contributed by atoms with van der Waals surface area (Å²) < 4.78 is 9.96. The largest absolute Gasteiger partial charge is 0.463 e. The first-order valence-electron chi connectivity index (χ1n) is 6.46. The number of nitrogens with zero attached hydrogens (tertiary/aromatic N) is 2. The van der Waals surface area contributed by atoms with Crippen molar-refractivity contribution in [1.29, 1.82) is 0 Å². The molecule has 0 amide bonds. The lowest BCUT2D eigenvalue weighted by Crippen LogP contribution is -2.43. The molecule has 110 valence electrons. The summed E-state index contributed by atoms with van der Waals surface area (Å²) in [7, 11) is 1.28. The van der Waals surface area contributed by atoms with E-state index < -0.39 is 11.6 Å². The molecule has 2 atom stereocenters. The van der Waals surface area contributed by atoms with Crippen molar-refractivity contribution in [3.63, 3.8) is 0 Å². The third-order valence-corrected chi connectivity index (χ3v) is 3.46. The van der Waals surface area contributed by atoms with E-state index in [2.05, 4.69) is 20.0 Å². The maximum absolute atomic E-state index is 11.4. The molecule has 1 aliphatic heterocycles. The molecule has 1 aromatic heterocycles. The summed E-state index contributed by atoms with van der Waals surface area (Å²) in [5, 5.41) is 13.4. The summed E-state index contributed by atoms with van der Waals surface area (Å²) in [6.45, 7) is 4.43. The molecular formula is C13H19N3O4. The number of hydrogen-bond acceptors (Lipinski definition) is 7. The summed E-state index contributed by atoms with van der Waals surface area (Å²) in [5.41, 5.74) is -0.282. The molecule has 1 aliphatic rings. The summed E-state index contributed by atoms with van der Waals surface area (Å²) in [5.74, 6) is -0.115. The molecule has 7 nitrogen and oxygen atoms in total. The molecule has 0 aliphatic carbocycles. The fourth-order valence-electron chi connectivity index (χ4n) is 2.09. The van der Waals surface area contributed by atoms with Gasteiger partial charge in [0.15, 0.2) is 0 Å². The van der Waals surface area contributed by atoms with Crippen LogP contribution in [0.1, 0.15) is 29.7 Å². The van der Waals surface area contributed by atoms with E-state index in [9.17, 15) is 9.90 Å². The lowest BCUT2D eigenvalue weighted by Gasteiger charge is -2.26. The zero-order valence-corrected chi connectivity index (χ0v) is 11.8. The number of ether oxygens (including phenoxy) is 2. The highest BCUT2D eigenvalue weighted by atomic mass is 16.5. The number of carbonyl (C=O) groups excluding carboxylic acids is 1. The number of nitrogens with one attached hydrogen (secondary N) is 1. The van der Waals surface area contributed by atoms with Gasteiger partial charge >= 0.3 is 5.97 Å². The van der Waals surface area contributed by atoms with E-state index in [0.29, 0.717) is 31.1 Å². The predicted molar refractivity (Wildman–Crippen MR) is 71.6 cm³/mol. The van der Waals surface area contributed by atoms with Crippen LogP contribution in [-0.2, 0) is 9.47 Å². The van der Waals surface area contributed by atoms with Crippen LogP contribution < -0.4 is 5.32 Å². The van der Waals surface area contributed by atoms with Gasteiger partial charge in [-0.05, 0) is 13.8 Å². The normalized spacial score (nSPS) is 25.5. The highest BCUT2D eigenvalue weighted by Crippen LogP contribution is 2.25. The van der Waals surface area contributed by atoms with Gasteiger partial charge in [-0.25, -0.2) is 14.8 Å². The number of hydrogen-bond donors (Lipinski definition) is 2. The average molecular weight is 281 g/mol. The van der Waals surface area contributed by atoms with Gasteiger partial charge in [0.2, 0.25) is 5.82 Å². The van der Waals surface area contributed by atoms with Crippen LogP contribution in [0.5, 0.6) is 0 Å². The minimum atomic E-state index is -0.926. The lowest BCUT2D eigenvalue weighted by atomic mass is 9.97. The monoisotopic (exact) mass is 281 g/mol. The van der Waals surface area contributed by atoms with Crippen LogP contribution >= 0.6 is 0 Å². The molecule has 1 aromatic rings. The fraction of sp³-hybridized carbons (Fsp3) is 0.615. The maximum atomic E-state index is 11.4. The van der Waals surface area contributed by atoms with E-state index in [1.165, 1.54) is 7.11 Å². The minimum Gasteiger partial charge on any atom is -0.463 e. The second-order valence-electron chi connectivity index (χ2n) is 4.93. The first kappa shape index (κ1) is 14.7. The SMILES string of the molecule is COC(=O)c1nc(C)cc(NCC2(O)CCOC2C)n1. The molecule has 0 aromatic carbocycles. The number of anilines is 1. The summed E-state index contributed by atoms with van der Waals surface area (Å²) in [4.78, 5) is 19.5. The Balaban J connectivity index is 2.10. The number of aliphatic hydroxyl groups is 1. The van der Waals surface area contributed by atoms with Crippen LogP contribution in [0.2, 0.25) is 0 Å². The summed E-state index contributed by atoms with van der Waals surface area (Å²) in [6.07, 6.45) is 0.327. The molecule has 2 rings (SSSR count). The molecule has 0 spiro atoms. The van der Waals surface area contributed by atoms with Crippen molar-refractivity contribution in [3.8, 4) is 0 Å². The van der Waals surface area contributed by atoms with Gasteiger partial charge in [0, 0.05) is 31.3 Å². The molecular weight excluding hydrogens is 262 g/mol. The van der Waals surface area contributed by atoms with Crippen molar-refractivity contribution in [3.05, 3.63) is 17.6 Å². The standard InChI is InChI=1S/C13H19N3O4/c1-8-6-10(16-11(15-8)12(17)19-3)14-7-13(18)4-5-20-9(13)2/h6,9,18H,4-5,7H2,1-3H3,(H,14,15,16). The van der Waals surface area contributed by atoms with Gasteiger partial charge in [-0.1, -0.05) is 0 Å². The van der Waals surface area contributed by atoms with Crippen molar-refractivity contribution in [1.82, 2.24) is 9.97 Å². The Morgan fingerprint density at radius 3 is 3.00 bits per heavy atom. The van der Waals surface area contributed by atoms with E-state index in [0.717, 1.165) is 0 Å². The number of aromatic nitrogens is 2. The molecule has 1 saturated heterocycles. The van der Waals surface area contributed by atoms with Crippen LogP contribution in [0.3, 0.4) is 0 Å². The van der Waals surface area contributed by atoms with Crippen LogP contribution in [0.25, 0.3) is 0 Å². The number of aryl methyl sites for hydroxylation is 1. The Bertz CT molecular complexity index is 508. The molecule has 7 heteroatoms. The topological polar surface area (TPSA) is 93.6 Å². The Kier molecular flexibility index (Phi) is 4.20. The third-order valence-electron chi connectivity index (χ3n) is 3.46. The number of carbonyl (C=O) groups is 1. The van der Waals surface area contributed by atoms with Crippen molar-refractivity contribution in [2.45, 2.75) is 32.0 Å². The molecule has 2 unspecified atom stereocenters. The lowest BCUT2D eigenvalue weighted by molar-refractivity contribution is -0.0176. The Labute approximate surface area is 117 Å². The quantitative estimate of drug-likeness (QED) is 0.777. The Morgan fingerprint density at radius 1 is 1.65 bits per heavy atom. The van der Waals surface area contributed by atoms with E-state index >= 15 is 0 Å². The van der Waals surface area contributed by atoms with Crippen molar-refractivity contribution >= 4 is 11.8 Å². The van der Waals surface area contributed by atoms with E-state index in [4.69, 9.17) is 4.74 Å². The second kappa shape index (κ2) is 5.72. The highest BCUT2D eigenvalue weighted by molar-refractivity contribution is 5.85. The number of methoxy groups -OCH3 is 1. The molecule has 2 heterocycles. The van der Waals surface area contributed by atoms with E-state index in [1.807, 2.05) is 6.92 Å². The van der Waals surface area contributed by atoms with Gasteiger partial charge in [-0.3, -0.25) is 0 Å². The third kappa shape index (κ3) is 3.05. The predicted octanol–water partition coefficient (Wildman–Crippen LogP) is 0.523. The Hall–Kier alpha value is -1.73. The zero-order valence-electron chi connectivity index (χ0n) is 11.8. The zero-order chi connectivity index (χ0) is 14.8. The van der Waals surface area contributed by atoms with Gasteiger partial charge in [0.1, 0.15) is 11.4 Å². The summed E-state index contributed by atoms with van der Waals surface area (Å²) in [6, 6.07) is 1.70. The van der Waals surface area contributed by atoms with Crippen molar-refractivity contribution in [2.75, 3.05) is 25.6 Å². The van der Waals surface area contributed by atoms with Gasteiger partial charge < -0.3 is 19.9 Å². The van der Waals surface area contributed by atoms with E-state index in [1.54, 1.807) is 13.0 Å². The molecule has 20 heavy (non-hydrogen) atoms.